The SMILES string of the molecule is Cc1ccc(Cl)cc1NC(=O)C1C2C3CCC(C3)C12. The Kier molecular flexibility index (Phi) is 2.47. The zero-order valence-corrected chi connectivity index (χ0v) is 11.8. The fourth-order valence-corrected chi connectivity index (χ4v) is 4.79. The number of carbonyl (C=O) groups is 1. The number of benzene rings is 1. The van der Waals surface area contributed by atoms with Gasteiger partial charge in [0, 0.05) is 16.6 Å². The molecule has 0 saturated heterocycles. The Morgan fingerprint density at radius 1 is 1.26 bits per heavy atom. The maximum Gasteiger partial charge on any atom is 0.228 e. The fraction of sp³-hybridized carbons (Fsp3) is 0.562. The van der Waals surface area contributed by atoms with E-state index in [0.29, 0.717) is 16.9 Å². The molecular formula is C16H18ClNO. The van der Waals surface area contributed by atoms with E-state index in [9.17, 15) is 4.79 Å². The average Bonchev–Trinajstić information content (AvgIpc) is 2.83. The van der Waals surface area contributed by atoms with Gasteiger partial charge in [0.1, 0.15) is 0 Å². The molecule has 1 aromatic rings. The van der Waals surface area contributed by atoms with Crippen LogP contribution >= 0.6 is 11.6 Å². The highest BCUT2D eigenvalue weighted by Crippen LogP contribution is 2.69. The van der Waals surface area contributed by atoms with Gasteiger partial charge in [-0.25, -0.2) is 0 Å². The lowest BCUT2D eigenvalue weighted by Crippen LogP contribution is -2.19. The highest BCUT2D eigenvalue weighted by Gasteiger charge is 2.67. The molecule has 4 rings (SSSR count). The Bertz CT molecular complexity index is 540. The predicted molar refractivity (Wildman–Crippen MR) is 76.1 cm³/mol. The number of hydrogen-bond acceptors (Lipinski definition) is 1. The first kappa shape index (κ1) is 11.8. The van der Waals surface area contributed by atoms with Gasteiger partial charge in [0.25, 0.3) is 0 Å². The van der Waals surface area contributed by atoms with E-state index in [2.05, 4.69) is 5.32 Å². The zero-order valence-electron chi connectivity index (χ0n) is 11.0. The van der Waals surface area contributed by atoms with Crippen molar-refractivity contribution in [2.45, 2.75) is 26.2 Å². The standard InChI is InChI=1S/C16H18ClNO/c1-8-2-5-11(17)7-12(8)18-16(19)15-13-9-3-4-10(6-9)14(13)15/h2,5,7,9-10,13-15H,3-4,6H2,1H3,(H,18,19). The molecule has 3 heteroatoms. The number of amides is 1. The van der Waals surface area contributed by atoms with Crippen LogP contribution in [0.5, 0.6) is 0 Å². The molecule has 100 valence electrons. The van der Waals surface area contributed by atoms with Crippen molar-refractivity contribution in [3.63, 3.8) is 0 Å². The van der Waals surface area contributed by atoms with Crippen molar-refractivity contribution in [2.75, 3.05) is 5.32 Å². The third-order valence-corrected chi connectivity index (χ3v) is 5.73. The van der Waals surface area contributed by atoms with Gasteiger partial charge in [-0.15, -0.1) is 0 Å². The minimum Gasteiger partial charge on any atom is -0.326 e. The summed E-state index contributed by atoms with van der Waals surface area (Å²) in [7, 11) is 0. The predicted octanol–water partition coefficient (Wildman–Crippen LogP) is 3.88. The largest absolute Gasteiger partial charge is 0.326 e. The molecule has 2 nitrogen and oxygen atoms in total. The first-order valence-corrected chi connectivity index (χ1v) is 7.60. The van der Waals surface area contributed by atoms with Gasteiger partial charge in [-0.3, -0.25) is 4.79 Å². The smallest absolute Gasteiger partial charge is 0.228 e. The summed E-state index contributed by atoms with van der Waals surface area (Å²) in [6.45, 7) is 2.00. The third kappa shape index (κ3) is 1.73. The minimum absolute atomic E-state index is 0.219. The van der Waals surface area contributed by atoms with Crippen molar-refractivity contribution in [1.82, 2.24) is 0 Å². The Balaban J connectivity index is 1.50. The molecule has 4 atom stereocenters. The van der Waals surface area contributed by atoms with Gasteiger partial charge in [-0.05, 0) is 67.6 Å². The molecule has 1 N–H and O–H groups in total. The van der Waals surface area contributed by atoms with E-state index in [4.69, 9.17) is 11.6 Å². The van der Waals surface area contributed by atoms with Gasteiger partial charge in [0.2, 0.25) is 5.91 Å². The summed E-state index contributed by atoms with van der Waals surface area (Å²) in [6, 6.07) is 5.66. The molecule has 4 unspecified atom stereocenters. The Morgan fingerprint density at radius 3 is 2.63 bits per heavy atom. The second-order valence-corrected chi connectivity index (χ2v) is 6.90. The molecule has 0 aliphatic heterocycles. The molecular weight excluding hydrogens is 258 g/mol. The molecule has 0 radical (unpaired) electrons. The number of fused-ring (bicyclic) bond motifs is 5. The minimum atomic E-state index is 0.219. The van der Waals surface area contributed by atoms with Crippen molar-refractivity contribution in [1.29, 1.82) is 0 Å². The van der Waals surface area contributed by atoms with Gasteiger partial charge in [0.05, 0.1) is 0 Å². The summed E-state index contributed by atoms with van der Waals surface area (Å²) in [6.07, 6.45) is 4.09. The van der Waals surface area contributed by atoms with Crippen LogP contribution in [0.2, 0.25) is 5.02 Å². The second-order valence-electron chi connectivity index (χ2n) is 6.46. The first-order valence-electron chi connectivity index (χ1n) is 7.22. The third-order valence-electron chi connectivity index (χ3n) is 5.50. The molecule has 0 heterocycles. The molecule has 0 spiro atoms. The first-order chi connectivity index (χ1) is 9.15. The summed E-state index contributed by atoms with van der Waals surface area (Å²) in [5, 5.41) is 3.76. The molecule has 1 amide bonds. The van der Waals surface area contributed by atoms with E-state index in [1.165, 1.54) is 19.3 Å². The number of rotatable bonds is 2. The number of carbonyl (C=O) groups excluding carboxylic acids is 1. The zero-order chi connectivity index (χ0) is 13.1. The molecule has 2 bridgehead atoms. The van der Waals surface area contributed by atoms with Crippen molar-refractivity contribution in [3.05, 3.63) is 28.8 Å². The number of hydrogen-bond donors (Lipinski definition) is 1. The molecule has 19 heavy (non-hydrogen) atoms. The van der Waals surface area contributed by atoms with E-state index in [-0.39, 0.29) is 11.8 Å². The second kappa shape index (κ2) is 3.99. The van der Waals surface area contributed by atoms with E-state index in [1.807, 2.05) is 25.1 Å². The van der Waals surface area contributed by atoms with Crippen molar-refractivity contribution in [2.24, 2.45) is 29.6 Å². The van der Waals surface area contributed by atoms with E-state index in [0.717, 1.165) is 23.1 Å². The van der Waals surface area contributed by atoms with Crippen LogP contribution < -0.4 is 5.32 Å². The Hall–Kier alpha value is -1.02. The lowest BCUT2D eigenvalue weighted by molar-refractivity contribution is -0.118. The van der Waals surface area contributed by atoms with Crippen molar-refractivity contribution >= 4 is 23.2 Å². The van der Waals surface area contributed by atoms with Gasteiger partial charge in [-0.2, -0.15) is 0 Å². The molecule has 3 saturated carbocycles. The van der Waals surface area contributed by atoms with Crippen molar-refractivity contribution < 1.29 is 4.79 Å². The number of halogens is 1. The molecule has 3 aliphatic rings. The molecule has 0 aromatic heterocycles. The van der Waals surface area contributed by atoms with Crippen LogP contribution in [0, 0.1) is 36.5 Å². The van der Waals surface area contributed by atoms with Gasteiger partial charge >= 0.3 is 0 Å². The summed E-state index contributed by atoms with van der Waals surface area (Å²) in [5.74, 6) is 3.57. The number of nitrogens with one attached hydrogen (secondary N) is 1. The van der Waals surface area contributed by atoms with E-state index in [1.54, 1.807) is 0 Å². The number of anilines is 1. The van der Waals surface area contributed by atoms with E-state index >= 15 is 0 Å². The Labute approximate surface area is 118 Å². The lowest BCUT2D eigenvalue weighted by Gasteiger charge is -2.11. The maximum atomic E-state index is 12.4. The van der Waals surface area contributed by atoms with Gasteiger partial charge in [0.15, 0.2) is 0 Å². The van der Waals surface area contributed by atoms with Crippen LogP contribution in [0.25, 0.3) is 0 Å². The van der Waals surface area contributed by atoms with Crippen LogP contribution in [0.3, 0.4) is 0 Å². The lowest BCUT2D eigenvalue weighted by atomic mass is 10.0. The monoisotopic (exact) mass is 275 g/mol. The highest BCUT2D eigenvalue weighted by molar-refractivity contribution is 6.31. The summed E-state index contributed by atoms with van der Waals surface area (Å²) >= 11 is 6.00. The average molecular weight is 276 g/mol. The quantitative estimate of drug-likeness (QED) is 0.872. The van der Waals surface area contributed by atoms with Gasteiger partial charge < -0.3 is 5.32 Å². The van der Waals surface area contributed by atoms with Crippen LogP contribution in [-0.4, -0.2) is 5.91 Å². The topological polar surface area (TPSA) is 29.1 Å². The highest BCUT2D eigenvalue weighted by atomic mass is 35.5. The maximum absolute atomic E-state index is 12.4. The van der Waals surface area contributed by atoms with Gasteiger partial charge in [-0.1, -0.05) is 17.7 Å². The van der Waals surface area contributed by atoms with Crippen LogP contribution in [0.4, 0.5) is 5.69 Å². The molecule has 3 fully saturated rings. The number of aryl methyl sites for hydroxylation is 1. The fourth-order valence-electron chi connectivity index (χ4n) is 4.62. The van der Waals surface area contributed by atoms with Crippen LogP contribution in [0.1, 0.15) is 24.8 Å². The van der Waals surface area contributed by atoms with E-state index < -0.39 is 0 Å². The van der Waals surface area contributed by atoms with Crippen LogP contribution in [0.15, 0.2) is 18.2 Å². The normalized spacial score (nSPS) is 38.1. The van der Waals surface area contributed by atoms with Crippen molar-refractivity contribution in [3.8, 4) is 0 Å². The summed E-state index contributed by atoms with van der Waals surface area (Å²) < 4.78 is 0. The molecule has 1 aromatic carbocycles. The summed E-state index contributed by atoms with van der Waals surface area (Å²) in [5.41, 5.74) is 1.95. The Morgan fingerprint density at radius 2 is 1.95 bits per heavy atom. The van der Waals surface area contributed by atoms with Crippen LogP contribution in [-0.2, 0) is 4.79 Å². The molecule has 3 aliphatic carbocycles. The summed E-state index contributed by atoms with van der Waals surface area (Å²) in [4.78, 5) is 12.4.